The molecule has 0 saturated heterocycles. The summed E-state index contributed by atoms with van der Waals surface area (Å²) < 4.78 is 17.4. The van der Waals surface area contributed by atoms with Crippen LogP contribution in [0.4, 0.5) is 4.79 Å². The minimum Gasteiger partial charge on any atom is -0.489 e. The molecule has 4 atom stereocenters. The van der Waals surface area contributed by atoms with E-state index in [0.29, 0.717) is 25.2 Å². The minimum atomic E-state index is -0.984. The van der Waals surface area contributed by atoms with Crippen molar-refractivity contribution in [3.63, 3.8) is 0 Å². The molecule has 0 bridgehead atoms. The van der Waals surface area contributed by atoms with Gasteiger partial charge in [-0.25, -0.2) is 9.59 Å². The van der Waals surface area contributed by atoms with Gasteiger partial charge in [0.05, 0.1) is 24.6 Å². The Labute approximate surface area is 346 Å². The van der Waals surface area contributed by atoms with Gasteiger partial charge in [0.1, 0.15) is 31.6 Å². The van der Waals surface area contributed by atoms with Crippen molar-refractivity contribution in [1.29, 1.82) is 0 Å². The number of carbonyl (C=O) groups is 4. The normalized spacial score (nSPS) is 19.0. The molecular weight excluding hydrogens is 747 g/mol. The van der Waals surface area contributed by atoms with Crippen molar-refractivity contribution < 1.29 is 38.5 Å². The summed E-state index contributed by atoms with van der Waals surface area (Å²) in [6.45, 7) is 5.90. The molecule has 6 rings (SSSR count). The number of aliphatic hydroxyl groups is 1. The Hall–Kier alpha value is -5.94. The second-order valence-corrected chi connectivity index (χ2v) is 16.3. The van der Waals surface area contributed by atoms with Crippen LogP contribution in [0.3, 0.4) is 0 Å². The highest BCUT2D eigenvalue weighted by Gasteiger charge is 2.34. The maximum absolute atomic E-state index is 13.8. The van der Waals surface area contributed by atoms with Gasteiger partial charge < -0.3 is 35.3 Å². The third-order valence-electron chi connectivity index (χ3n) is 10.9. The Morgan fingerprint density at radius 1 is 0.864 bits per heavy atom. The fraction of sp³-hybridized carbons (Fsp3) is 0.375. The summed E-state index contributed by atoms with van der Waals surface area (Å²) in [5, 5.41) is 18.8. The van der Waals surface area contributed by atoms with E-state index in [2.05, 4.69) is 28.1 Å². The number of alkyl carbamates (subject to hydrolysis) is 1. The first-order valence-electron chi connectivity index (χ1n) is 20.4. The molecule has 2 aliphatic rings. The summed E-state index contributed by atoms with van der Waals surface area (Å²) in [4.78, 5) is 53.8. The predicted octanol–water partition coefficient (Wildman–Crippen LogP) is 7.01. The third kappa shape index (κ3) is 11.8. The molecule has 1 aliphatic carbocycles. The number of allylic oxidation sites excluding steroid dienone is 2. The number of ether oxygens (including phenoxy) is 3. The molecular formula is C48H55N3O8. The van der Waals surface area contributed by atoms with Crippen LogP contribution in [0.25, 0.3) is 11.1 Å². The Bertz CT molecular complexity index is 2030. The van der Waals surface area contributed by atoms with E-state index in [0.717, 1.165) is 33.4 Å². The van der Waals surface area contributed by atoms with E-state index in [1.54, 1.807) is 0 Å². The van der Waals surface area contributed by atoms with Crippen molar-refractivity contribution in [3.05, 3.63) is 138 Å². The van der Waals surface area contributed by atoms with Crippen molar-refractivity contribution in [1.82, 2.24) is 16.0 Å². The average Bonchev–Trinajstić information content (AvgIpc) is 3.56. The second-order valence-electron chi connectivity index (χ2n) is 16.3. The van der Waals surface area contributed by atoms with Gasteiger partial charge in [-0.15, -0.1) is 0 Å². The first-order chi connectivity index (χ1) is 28.5. The van der Waals surface area contributed by atoms with Gasteiger partial charge in [-0.05, 0) is 76.6 Å². The molecule has 0 aromatic heterocycles. The van der Waals surface area contributed by atoms with Crippen molar-refractivity contribution in [3.8, 4) is 16.9 Å². The van der Waals surface area contributed by atoms with Crippen molar-refractivity contribution >= 4 is 23.9 Å². The lowest BCUT2D eigenvalue weighted by atomic mass is 9.86. The van der Waals surface area contributed by atoms with Crippen LogP contribution in [-0.4, -0.2) is 66.9 Å². The summed E-state index contributed by atoms with van der Waals surface area (Å²) in [5.41, 5.74) is 5.85. The summed E-state index contributed by atoms with van der Waals surface area (Å²) in [5.74, 6) is -1.48. The van der Waals surface area contributed by atoms with Gasteiger partial charge in [-0.3, -0.25) is 9.59 Å². The van der Waals surface area contributed by atoms with E-state index in [-0.39, 0.29) is 56.8 Å². The molecule has 310 valence electrons. The second kappa shape index (κ2) is 20.2. The monoisotopic (exact) mass is 801 g/mol. The SMILES string of the molecule is CC(C)(C)[C@H]1COC(=O)[C@@H](NC(=O)OCC2c3ccccc3-c3ccccc32)CCC=CC[C@H](CC(=O)N[C@H](CO)Cc2ccc(OCc3ccccc3)cc2)C(=O)N1. The van der Waals surface area contributed by atoms with E-state index in [1.165, 1.54) is 0 Å². The lowest BCUT2D eigenvalue weighted by Gasteiger charge is -2.32. The number of aliphatic hydroxyl groups excluding tert-OH is 1. The molecule has 1 heterocycles. The van der Waals surface area contributed by atoms with Crippen molar-refractivity contribution in [2.75, 3.05) is 19.8 Å². The van der Waals surface area contributed by atoms with Crippen LogP contribution in [0.2, 0.25) is 0 Å². The molecule has 0 saturated carbocycles. The van der Waals surface area contributed by atoms with Crippen LogP contribution < -0.4 is 20.7 Å². The Kier molecular flexibility index (Phi) is 14.6. The van der Waals surface area contributed by atoms with E-state index in [1.807, 2.05) is 124 Å². The fourth-order valence-electron chi connectivity index (χ4n) is 7.44. The highest BCUT2D eigenvalue weighted by atomic mass is 16.6. The fourth-order valence-corrected chi connectivity index (χ4v) is 7.44. The number of benzene rings is 4. The number of fused-ring (bicyclic) bond motifs is 3. The molecule has 0 spiro atoms. The molecule has 59 heavy (non-hydrogen) atoms. The van der Waals surface area contributed by atoms with Crippen LogP contribution in [-0.2, 0) is 36.9 Å². The zero-order valence-corrected chi connectivity index (χ0v) is 34.0. The predicted molar refractivity (Wildman–Crippen MR) is 225 cm³/mol. The number of amides is 3. The lowest BCUT2D eigenvalue weighted by molar-refractivity contribution is -0.148. The number of nitrogens with one attached hydrogen (secondary N) is 3. The number of carbonyl (C=O) groups excluding carboxylic acids is 4. The highest BCUT2D eigenvalue weighted by molar-refractivity contribution is 5.86. The molecule has 4 aromatic carbocycles. The van der Waals surface area contributed by atoms with Gasteiger partial charge in [0, 0.05) is 12.3 Å². The maximum Gasteiger partial charge on any atom is 0.407 e. The minimum absolute atomic E-state index is 0.103. The summed E-state index contributed by atoms with van der Waals surface area (Å²) in [6, 6.07) is 31.4. The topological polar surface area (TPSA) is 152 Å². The first kappa shape index (κ1) is 42.7. The summed E-state index contributed by atoms with van der Waals surface area (Å²) in [7, 11) is 0. The number of cyclic esters (lactones) is 1. The Morgan fingerprint density at radius 2 is 1.53 bits per heavy atom. The van der Waals surface area contributed by atoms with Gasteiger partial charge >= 0.3 is 12.1 Å². The van der Waals surface area contributed by atoms with E-state index in [9.17, 15) is 24.3 Å². The quantitative estimate of drug-likeness (QED) is 0.0883. The number of rotatable bonds is 12. The van der Waals surface area contributed by atoms with E-state index in [4.69, 9.17) is 14.2 Å². The van der Waals surface area contributed by atoms with Crippen LogP contribution in [0.15, 0.2) is 115 Å². The Balaban J connectivity index is 1.04. The smallest absolute Gasteiger partial charge is 0.407 e. The highest BCUT2D eigenvalue weighted by Crippen LogP contribution is 2.44. The standard InChI is InChI=1S/C48H55N3O8/c1-48(2,3)43-31-58-46(55)42(50-47(56)59-30-41-39-19-12-10-17-37(39)38-18-11-13-20-40(38)41)21-9-5-8-16-34(45(54)51-43)27-44(53)49-35(28-52)26-32-22-24-36(25-23-32)57-29-33-14-6-4-7-15-33/h4-8,10-15,17-20,22-25,34-35,41-43,52H,9,16,21,26-31H2,1-3H3,(H,49,53)(H,50,56)(H,51,54)/t34-,35+,42+,43-/m1/s1. The molecule has 11 heteroatoms. The zero-order valence-electron chi connectivity index (χ0n) is 34.0. The van der Waals surface area contributed by atoms with Gasteiger partial charge in [0.25, 0.3) is 0 Å². The largest absolute Gasteiger partial charge is 0.489 e. The number of hydrogen-bond acceptors (Lipinski definition) is 8. The van der Waals surface area contributed by atoms with Gasteiger partial charge in [-0.2, -0.15) is 0 Å². The van der Waals surface area contributed by atoms with Crippen molar-refractivity contribution in [2.24, 2.45) is 11.3 Å². The molecule has 3 amide bonds. The molecule has 0 radical (unpaired) electrons. The van der Waals surface area contributed by atoms with Crippen LogP contribution >= 0.6 is 0 Å². The van der Waals surface area contributed by atoms with Crippen LogP contribution in [0.5, 0.6) is 5.75 Å². The van der Waals surface area contributed by atoms with Gasteiger partial charge in [0.15, 0.2) is 0 Å². The molecule has 0 unspecified atom stereocenters. The molecule has 1 aliphatic heterocycles. The molecule has 4 N–H and O–H groups in total. The van der Waals surface area contributed by atoms with Crippen molar-refractivity contribution in [2.45, 2.75) is 83.5 Å². The first-order valence-corrected chi connectivity index (χ1v) is 20.4. The number of esters is 1. The van der Waals surface area contributed by atoms with Gasteiger partial charge in [-0.1, -0.05) is 124 Å². The summed E-state index contributed by atoms with van der Waals surface area (Å²) >= 11 is 0. The van der Waals surface area contributed by atoms with E-state index >= 15 is 0 Å². The van der Waals surface area contributed by atoms with Crippen LogP contribution in [0, 0.1) is 11.3 Å². The molecule has 4 aromatic rings. The maximum atomic E-state index is 13.8. The van der Waals surface area contributed by atoms with Gasteiger partial charge in [0.2, 0.25) is 11.8 Å². The molecule has 0 fully saturated rings. The Morgan fingerprint density at radius 3 is 2.19 bits per heavy atom. The number of hydrogen-bond donors (Lipinski definition) is 4. The summed E-state index contributed by atoms with van der Waals surface area (Å²) in [6.07, 6.45) is 4.12. The third-order valence-corrected chi connectivity index (χ3v) is 10.9. The van der Waals surface area contributed by atoms with Crippen LogP contribution in [0.1, 0.15) is 74.6 Å². The van der Waals surface area contributed by atoms with E-state index < -0.39 is 41.5 Å². The lowest BCUT2D eigenvalue weighted by Crippen LogP contribution is -2.51. The zero-order chi connectivity index (χ0) is 41.8. The molecule has 11 nitrogen and oxygen atoms in total. The average molecular weight is 802 g/mol.